The molecule has 0 spiro atoms. The quantitative estimate of drug-likeness (QED) is 0.531. The number of ketones is 2. The summed E-state index contributed by atoms with van der Waals surface area (Å²) in [6.45, 7) is 3.65. The summed E-state index contributed by atoms with van der Waals surface area (Å²) in [6, 6.07) is 0. The van der Waals surface area contributed by atoms with Gasteiger partial charge in [0.25, 0.3) is 0 Å². The smallest absolute Gasteiger partial charge is 0.550 e. The van der Waals surface area contributed by atoms with Gasteiger partial charge in [-0.25, -0.2) is 0 Å². The van der Waals surface area contributed by atoms with E-state index >= 15 is 0 Å². The Hall–Kier alpha value is -1.19. The zero-order chi connectivity index (χ0) is 14.6. The summed E-state index contributed by atoms with van der Waals surface area (Å²) in [7, 11) is 0. The molecule has 0 saturated heterocycles. The molecule has 108 valence electrons. The second kappa shape index (κ2) is 14.9. The van der Waals surface area contributed by atoms with E-state index in [1.807, 2.05) is 13.8 Å². The minimum Gasteiger partial charge on any atom is -0.550 e. The van der Waals surface area contributed by atoms with Crippen molar-refractivity contribution in [3.8, 4) is 0 Å². The van der Waals surface area contributed by atoms with Crippen LogP contribution in [-0.4, -0.2) is 23.5 Å². The number of carboxylic acids is 2. The van der Waals surface area contributed by atoms with Crippen LogP contribution in [0.5, 0.6) is 0 Å². The molecule has 0 aromatic heterocycles. The molecular weight excluding hydrogens is 292 g/mol. The van der Waals surface area contributed by atoms with Crippen LogP contribution >= 0.6 is 0 Å². The number of rotatable bonds is 8. The van der Waals surface area contributed by atoms with Gasteiger partial charge in [0.2, 0.25) is 0 Å². The minimum absolute atomic E-state index is 0. The monoisotopic (exact) mass is 310 g/mol. The van der Waals surface area contributed by atoms with Crippen LogP contribution < -0.4 is 10.2 Å². The molecule has 0 aliphatic heterocycles. The average molecular weight is 310 g/mol. The molecule has 0 atom stereocenters. The van der Waals surface area contributed by atoms with Gasteiger partial charge in [-0.15, -0.1) is 0 Å². The number of carbonyl (C=O) groups is 4. The minimum atomic E-state index is -1.28. The third-order valence-corrected chi connectivity index (χ3v) is 1.74. The Morgan fingerprint density at radius 1 is 0.737 bits per heavy atom. The van der Waals surface area contributed by atoms with E-state index in [0.717, 1.165) is 0 Å². The van der Waals surface area contributed by atoms with Gasteiger partial charge in [0.1, 0.15) is 11.6 Å². The fourth-order valence-corrected chi connectivity index (χ4v) is 1.06. The fourth-order valence-electron chi connectivity index (χ4n) is 1.06. The summed E-state index contributed by atoms with van der Waals surface area (Å²) >= 11 is 0. The molecule has 0 heterocycles. The molecule has 0 saturated carbocycles. The van der Waals surface area contributed by atoms with Crippen LogP contribution in [0.2, 0.25) is 0 Å². The van der Waals surface area contributed by atoms with Crippen molar-refractivity contribution < 1.29 is 46.8 Å². The molecule has 0 unspecified atom stereocenters. The topological polar surface area (TPSA) is 114 Å². The largest absolute Gasteiger partial charge is 2.00 e. The molecule has 0 aliphatic rings. The Bertz CT molecular complexity index is 271. The van der Waals surface area contributed by atoms with Crippen LogP contribution in [-0.2, 0) is 36.5 Å². The first kappa shape index (κ1) is 22.9. The maximum absolute atomic E-state index is 10.4. The van der Waals surface area contributed by atoms with E-state index in [4.69, 9.17) is 0 Å². The van der Waals surface area contributed by atoms with Gasteiger partial charge in [0, 0.05) is 37.6 Å². The Balaban J connectivity index is -0.000000256. The molecule has 0 bridgehead atoms. The maximum atomic E-state index is 10.4. The van der Waals surface area contributed by atoms with Gasteiger partial charge in [-0.3, -0.25) is 9.59 Å². The number of carbonyl (C=O) groups excluding carboxylic acids is 4. The van der Waals surface area contributed by atoms with E-state index in [2.05, 4.69) is 0 Å². The average Bonchev–Trinajstić information content (AvgIpc) is 2.16. The third kappa shape index (κ3) is 22.5. The summed E-state index contributed by atoms with van der Waals surface area (Å²) in [5, 5.41) is 19.5. The van der Waals surface area contributed by atoms with Gasteiger partial charge in [-0.05, 0) is 12.8 Å². The second-order valence-electron chi connectivity index (χ2n) is 3.67. The predicted octanol–water partition coefficient (Wildman–Crippen LogP) is -1.01. The van der Waals surface area contributed by atoms with Crippen molar-refractivity contribution in [3.63, 3.8) is 0 Å². The van der Waals surface area contributed by atoms with Gasteiger partial charge in [0.05, 0.1) is 0 Å². The van der Waals surface area contributed by atoms with E-state index in [9.17, 15) is 29.4 Å². The molecule has 0 radical (unpaired) electrons. The van der Waals surface area contributed by atoms with Crippen LogP contribution in [0.4, 0.5) is 0 Å². The van der Waals surface area contributed by atoms with Crippen molar-refractivity contribution in [2.75, 3.05) is 0 Å². The van der Waals surface area contributed by atoms with E-state index in [-0.39, 0.29) is 28.9 Å². The molecule has 0 N–H and O–H groups in total. The fraction of sp³-hybridized carbons (Fsp3) is 0.667. The summed E-state index contributed by atoms with van der Waals surface area (Å²) in [4.78, 5) is 40.4. The molecule has 0 aliphatic carbocycles. The first-order chi connectivity index (χ1) is 8.33. The van der Waals surface area contributed by atoms with Crippen LogP contribution in [0.3, 0.4) is 0 Å². The van der Waals surface area contributed by atoms with Gasteiger partial charge < -0.3 is 19.8 Å². The van der Waals surface area contributed by atoms with Crippen molar-refractivity contribution in [1.29, 1.82) is 0 Å². The number of aliphatic carboxylic acids is 2. The Morgan fingerprint density at radius 3 is 1.16 bits per heavy atom. The number of Topliss-reactive ketones (excluding diaryl/α,β-unsaturated/α-hetero) is 2. The number of hydrogen-bond donors (Lipinski definition) is 0. The zero-order valence-corrected chi connectivity index (χ0v) is 12.4. The zero-order valence-electron chi connectivity index (χ0n) is 11.1. The molecule has 0 aromatic rings. The third-order valence-electron chi connectivity index (χ3n) is 1.74. The Labute approximate surface area is 123 Å². The van der Waals surface area contributed by atoms with Crippen LogP contribution in [0.15, 0.2) is 0 Å². The summed E-state index contributed by atoms with van der Waals surface area (Å²) in [5.41, 5.74) is 0. The Kier molecular flexibility index (Phi) is 18.0. The molecule has 0 aromatic carbocycles. The van der Waals surface area contributed by atoms with Crippen molar-refractivity contribution in [2.24, 2.45) is 0 Å². The SMILES string of the molecule is CCCC(=O)CC(=O)[O-].CCCC(=O)CC(=O)[O-].[Cr+2]. The Morgan fingerprint density at radius 2 is 1.00 bits per heavy atom. The molecular formula is C12H18CrO6. The second-order valence-corrected chi connectivity index (χ2v) is 3.67. The normalized spacial score (nSPS) is 8.53. The van der Waals surface area contributed by atoms with Crippen LogP contribution in [0.1, 0.15) is 52.4 Å². The van der Waals surface area contributed by atoms with Gasteiger partial charge in [-0.2, -0.15) is 0 Å². The molecule has 0 fully saturated rings. The van der Waals surface area contributed by atoms with Gasteiger partial charge in [-0.1, -0.05) is 13.8 Å². The predicted molar refractivity (Wildman–Crippen MR) is 59.1 cm³/mol. The van der Waals surface area contributed by atoms with Crippen molar-refractivity contribution >= 4 is 23.5 Å². The molecule has 6 nitrogen and oxygen atoms in total. The van der Waals surface area contributed by atoms with Crippen molar-refractivity contribution in [1.82, 2.24) is 0 Å². The van der Waals surface area contributed by atoms with E-state index in [1.165, 1.54) is 0 Å². The van der Waals surface area contributed by atoms with Crippen molar-refractivity contribution in [2.45, 2.75) is 52.4 Å². The van der Waals surface area contributed by atoms with E-state index in [1.54, 1.807) is 0 Å². The summed E-state index contributed by atoms with van der Waals surface area (Å²) in [6.07, 6.45) is 1.21. The van der Waals surface area contributed by atoms with E-state index < -0.39 is 24.8 Å². The van der Waals surface area contributed by atoms with Gasteiger partial charge in [0.15, 0.2) is 0 Å². The molecule has 0 amide bonds. The molecule has 7 heteroatoms. The van der Waals surface area contributed by atoms with Crippen LogP contribution in [0, 0.1) is 0 Å². The maximum Gasteiger partial charge on any atom is 2.00 e. The molecule has 0 rings (SSSR count). The number of hydrogen-bond acceptors (Lipinski definition) is 6. The summed E-state index contributed by atoms with van der Waals surface area (Å²) in [5.74, 6) is -3.07. The van der Waals surface area contributed by atoms with Crippen molar-refractivity contribution in [3.05, 3.63) is 0 Å². The first-order valence-corrected chi connectivity index (χ1v) is 5.76. The van der Waals surface area contributed by atoms with E-state index in [0.29, 0.717) is 25.7 Å². The molecule has 19 heavy (non-hydrogen) atoms. The standard InChI is InChI=1S/2C6H10O3.Cr/c2*1-2-3-5(7)4-6(8)9;/h2*2-4H2,1H3,(H,8,9);/q;;+2/p-2. The van der Waals surface area contributed by atoms with Gasteiger partial charge >= 0.3 is 17.4 Å². The van der Waals surface area contributed by atoms with Crippen LogP contribution in [0.25, 0.3) is 0 Å². The number of carboxylic acid groups (broad SMARTS) is 2. The first-order valence-electron chi connectivity index (χ1n) is 5.76. The summed E-state index contributed by atoms with van der Waals surface area (Å²) < 4.78 is 0.